The van der Waals surface area contributed by atoms with Gasteiger partial charge in [0.25, 0.3) is 0 Å². The molecule has 1 fully saturated rings. The van der Waals surface area contributed by atoms with Gasteiger partial charge in [-0.3, -0.25) is 4.98 Å². The van der Waals surface area contributed by atoms with Crippen LogP contribution in [0.5, 0.6) is 5.75 Å². The van der Waals surface area contributed by atoms with E-state index in [9.17, 15) is 4.79 Å². The number of ether oxygens (including phenoxy) is 2. The molecule has 1 amide bonds. The molecule has 0 aliphatic carbocycles. The summed E-state index contributed by atoms with van der Waals surface area (Å²) in [5, 5.41) is 14.6. The molecule has 231 valence electrons. The summed E-state index contributed by atoms with van der Waals surface area (Å²) < 4.78 is 24.6. The SMILES string of the molecule is C[Si](C)OC(c1c(OCc2ccc(C#N)cn2)ccc2c(CCC3CCN(C(=O)OC(C)(C)C)CC3)noc12)C(C)(C)C. The second-order valence-corrected chi connectivity index (χ2v) is 15.7. The molecule has 1 saturated heterocycles. The van der Waals surface area contributed by atoms with Crippen LogP contribution in [0.3, 0.4) is 0 Å². The van der Waals surface area contributed by atoms with E-state index in [4.69, 9.17) is 23.7 Å². The highest BCUT2D eigenvalue weighted by Gasteiger charge is 2.35. The topological polar surface area (TPSA) is 111 Å². The van der Waals surface area contributed by atoms with E-state index in [1.165, 1.54) is 0 Å². The summed E-state index contributed by atoms with van der Waals surface area (Å²) in [7, 11) is -1.06. The van der Waals surface area contributed by atoms with Crippen LogP contribution in [0, 0.1) is 22.7 Å². The molecule has 0 spiro atoms. The highest BCUT2D eigenvalue weighted by molar-refractivity contribution is 6.48. The average Bonchev–Trinajstić information content (AvgIpc) is 3.35. The second kappa shape index (κ2) is 13.5. The fourth-order valence-electron chi connectivity index (χ4n) is 5.32. The minimum absolute atomic E-state index is 0.226. The number of fused-ring (bicyclic) bond motifs is 1. The van der Waals surface area contributed by atoms with Gasteiger partial charge in [0.1, 0.15) is 24.0 Å². The number of pyridine rings is 1. The summed E-state index contributed by atoms with van der Waals surface area (Å²) in [5.74, 6) is 1.18. The van der Waals surface area contributed by atoms with E-state index in [-0.39, 0.29) is 24.2 Å². The lowest BCUT2D eigenvalue weighted by molar-refractivity contribution is 0.0181. The average molecular weight is 606 g/mol. The van der Waals surface area contributed by atoms with Crippen LogP contribution < -0.4 is 4.74 Å². The van der Waals surface area contributed by atoms with Crippen LogP contribution in [-0.2, 0) is 22.2 Å². The zero-order chi connectivity index (χ0) is 31.4. The molecule has 4 rings (SSSR count). The van der Waals surface area contributed by atoms with E-state index in [2.05, 4.69) is 50.1 Å². The fraction of sp³-hybridized carbons (Fsp3) is 0.576. The predicted octanol–water partition coefficient (Wildman–Crippen LogP) is 7.61. The van der Waals surface area contributed by atoms with Crippen LogP contribution in [0.1, 0.15) is 89.4 Å². The van der Waals surface area contributed by atoms with Crippen molar-refractivity contribution in [2.45, 2.75) is 98.6 Å². The minimum Gasteiger partial charge on any atom is -0.487 e. The van der Waals surface area contributed by atoms with E-state index in [0.29, 0.717) is 35.9 Å². The van der Waals surface area contributed by atoms with Crippen LogP contribution in [0.4, 0.5) is 4.79 Å². The van der Waals surface area contributed by atoms with Gasteiger partial charge in [0.05, 0.1) is 28.6 Å². The van der Waals surface area contributed by atoms with Crippen LogP contribution >= 0.6 is 0 Å². The number of piperidine rings is 1. The number of carbonyl (C=O) groups excluding carboxylic acids is 1. The number of hydrogen-bond acceptors (Lipinski definition) is 8. The first-order chi connectivity index (χ1) is 20.2. The molecule has 1 aromatic carbocycles. The fourth-order valence-corrected chi connectivity index (χ4v) is 6.26. The van der Waals surface area contributed by atoms with Gasteiger partial charge in [0, 0.05) is 24.7 Å². The van der Waals surface area contributed by atoms with E-state index in [1.54, 1.807) is 18.3 Å². The summed E-state index contributed by atoms with van der Waals surface area (Å²) >= 11 is 0. The van der Waals surface area contributed by atoms with Crippen molar-refractivity contribution in [2.24, 2.45) is 11.3 Å². The normalized spacial score (nSPS) is 15.5. The molecule has 3 aromatic rings. The van der Waals surface area contributed by atoms with E-state index in [1.807, 2.05) is 37.8 Å². The Labute approximate surface area is 257 Å². The minimum atomic E-state index is -1.06. The van der Waals surface area contributed by atoms with Crippen LogP contribution in [0.15, 0.2) is 35.0 Å². The van der Waals surface area contributed by atoms with Crippen molar-refractivity contribution in [3.8, 4) is 11.8 Å². The number of benzene rings is 1. The second-order valence-electron chi connectivity index (χ2n) is 13.6. The first-order valence-electron chi connectivity index (χ1n) is 15.1. The third-order valence-corrected chi connectivity index (χ3v) is 8.21. The number of hydrogen-bond donors (Lipinski definition) is 0. The van der Waals surface area contributed by atoms with E-state index < -0.39 is 14.6 Å². The molecule has 0 bridgehead atoms. The first-order valence-corrected chi connectivity index (χ1v) is 17.5. The molecule has 1 unspecified atom stereocenters. The molecular formula is C33H45N4O5Si. The maximum absolute atomic E-state index is 12.5. The number of nitrogens with zero attached hydrogens (tertiary/aromatic N) is 4. The van der Waals surface area contributed by atoms with Gasteiger partial charge in [0.15, 0.2) is 5.58 Å². The van der Waals surface area contributed by atoms with E-state index in [0.717, 1.165) is 48.0 Å². The molecule has 1 atom stereocenters. The van der Waals surface area contributed by atoms with Gasteiger partial charge in [-0.2, -0.15) is 5.26 Å². The van der Waals surface area contributed by atoms with Crippen LogP contribution in [0.25, 0.3) is 11.0 Å². The maximum Gasteiger partial charge on any atom is 0.410 e. The molecule has 2 aromatic heterocycles. The zero-order valence-electron chi connectivity index (χ0n) is 26.8. The molecule has 1 aliphatic heterocycles. The van der Waals surface area contributed by atoms with Gasteiger partial charge < -0.3 is 23.3 Å². The summed E-state index contributed by atoms with van der Waals surface area (Å²) in [5.41, 5.74) is 3.02. The highest BCUT2D eigenvalue weighted by Crippen LogP contribution is 2.45. The number of rotatable bonds is 9. The molecule has 1 radical (unpaired) electrons. The molecule has 1 aliphatic rings. The number of nitriles is 1. The highest BCUT2D eigenvalue weighted by atomic mass is 28.3. The van der Waals surface area contributed by atoms with Gasteiger partial charge in [-0.15, -0.1) is 0 Å². The maximum atomic E-state index is 12.5. The zero-order valence-corrected chi connectivity index (χ0v) is 27.8. The Morgan fingerprint density at radius 1 is 1.14 bits per heavy atom. The third-order valence-electron chi connectivity index (χ3n) is 7.50. The van der Waals surface area contributed by atoms with Crippen LogP contribution in [-0.4, -0.2) is 48.9 Å². The lowest BCUT2D eigenvalue weighted by Crippen LogP contribution is -2.41. The Kier molecular flexibility index (Phi) is 10.2. The Morgan fingerprint density at radius 3 is 2.44 bits per heavy atom. The molecule has 0 saturated carbocycles. The Balaban J connectivity index is 1.54. The lowest BCUT2D eigenvalue weighted by Gasteiger charge is -2.33. The summed E-state index contributed by atoms with van der Waals surface area (Å²) in [4.78, 5) is 18.6. The quantitative estimate of drug-likeness (QED) is 0.229. The molecule has 43 heavy (non-hydrogen) atoms. The number of carbonyl (C=O) groups is 1. The number of likely N-dealkylation sites (tertiary alicyclic amines) is 1. The largest absolute Gasteiger partial charge is 0.487 e. The Bertz CT molecular complexity index is 1420. The van der Waals surface area contributed by atoms with Gasteiger partial charge in [-0.1, -0.05) is 25.9 Å². The summed E-state index contributed by atoms with van der Waals surface area (Å²) in [6, 6.07) is 9.66. The Hall–Kier alpha value is -3.42. The molecule has 3 heterocycles. The number of aromatic nitrogens is 2. The van der Waals surface area contributed by atoms with Crippen molar-refractivity contribution in [1.29, 1.82) is 5.26 Å². The van der Waals surface area contributed by atoms with Crippen molar-refractivity contribution in [1.82, 2.24) is 15.0 Å². The van der Waals surface area contributed by atoms with Gasteiger partial charge >= 0.3 is 6.09 Å². The summed E-state index contributed by atoms with van der Waals surface area (Å²) in [6.07, 6.45) is 4.71. The molecule has 9 nitrogen and oxygen atoms in total. The van der Waals surface area contributed by atoms with Crippen LogP contribution in [0.2, 0.25) is 13.1 Å². The van der Waals surface area contributed by atoms with Crippen molar-refractivity contribution in [3.63, 3.8) is 0 Å². The lowest BCUT2D eigenvalue weighted by atomic mass is 9.83. The van der Waals surface area contributed by atoms with Crippen molar-refractivity contribution in [3.05, 3.63) is 53.0 Å². The number of amides is 1. The first kappa shape index (κ1) is 32.5. The number of aryl methyl sites for hydroxylation is 1. The van der Waals surface area contributed by atoms with Crippen molar-refractivity contribution < 1.29 is 23.2 Å². The van der Waals surface area contributed by atoms with Gasteiger partial charge in [0.2, 0.25) is 9.04 Å². The molecule has 10 heteroatoms. The van der Waals surface area contributed by atoms with Gasteiger partial charge in [-0.05, 0) is 95.1 Å². The smallest absolute Gasteiger partial charge is 0.410 e. The Morgan fingerprint density at radius 2 is 1.86 bits per heavy atom. The van der Waals surface area contributed by atoms with Crippen molar-refractivity contribution in [2.75, 3.05) is 13.1 Å². The predicted molar refractivity (Wildman–Crippen MR) is 167 cm³/mol. The van der Waals surface area contributed by atoms with Gasteiger partial charge in [-0.25, -0.2) is 4.79 Å². The van der Waals surface area contributed by atoms with E-state index >= 15 is 0 Å². The summed E-state index contributed by atoms with van der Waals surface area (Å²) in [6.45, 7) is 18.1. The monoisotopic (exact) mass is 605 g/mol. The standard InChI is InChI=1S/C33H45N4O5Si/c1-32(2,3)30(42-43(7)8)28-27(39-21-24-11-9-23(19-34)20-35-24)14-12-25-26(36-41-29(25)28)13-10-22-15-17-37(18-16-22)31(38)40-33(4,5)6/h9,11-12,14,20,22,30H,10,13,15-18,21H2,1-8H3. The van der Waals surface area contributed by atoms with Crippen molar-refractivity contribution >= 4 is 26.1 Å². The molecule has 0 N–H and O–H groups in total. The molecular weight excluding hydrogens is 560 g/mol. The third kappa shape index (κ3) is 8.58.